The average Bonchev–Trinajstić information content (AvgIpc) is 2.30. The van der Waals surface area contributed by atoms with Gasteiger partial charge in [0.1, 0.15) is 11.4 Å². The molecule has 0 unspecified atom stereocenters. The summed E-state index contributed by atoms with van der Waals surface area (Å²) >= 11 is 5.69. The summed E-state index contributed by atoms with van der Waals surface area (Å²) in [6, 6.07) is 3.82. The van der Waals surface area contributed by atoms with Crippen LogP contribution in [0.15, 0.2) is 18.2 Å². The van der Waals surface area contributed by atoms with Crippen LogP contribution in [0.4, 0.5) is 4.39 Å². The predicted octanol–water partition coefficient (Wildman–Crippen LogP) is 2.41. The molecule has 0 aliphatic heterocycles. The molecule has 1 amide bonds. The number of carbonyl (C=O) groups is 2. The van der Waals surface area contributed by atoms with Gasteiger partial charge in [-0.15, -0.1) is 0 Å². The second-order valence-corrected chi connectivity index (χ2v) is 4.71. The summed E-state index contributed by atoms with van der Waals surface area (Å²) in [6.45, 7) is 2.75. The quantitative estimate of drug-likeness (QED) is 0.920. The fraction of sp³-hybridized carbons (Fsp3) is 0.333. The Labute approximate surface area is 109 Å². The molecule has 6 heteroatoms. The molecule has 0 aromatic heterocycles. The lowest BCUT2D eigenvalue weighted by Gasteiger charge is -2.31. The Balaban J connectivity index is 3.16. The number of benzene rings is 1. The lowest BCUT2D eigenvalue weighted by atomic mass is 10.0. The van der Waals surface area contributed by atoms with Crippen LogP contribution in [0.3, 0.4) is 0 Å². The largest absolute Gasteiger partial charge is 0.480 e. The summed E-state index contributed by atoms with van der Waals surface area (Å²) in [5.74, 6) is -2.53. The highest BCUT2D eigenvalue weighted by Crippen LogP contribution is 2.23. The van der Waals surface area contributed by atoms with Gasteiger partial charge in [-0.25, -0.2) is 9.18 Å². The van der Waals surface area contributed by atoms with Crippen molar-refractivity contribution in [2.24, 2.45) is 0 Å². The van der Waals surface area contributed by atoms with Gasteiger partial charge in [-0.05, 0) is 26.0 Å². The first kappa shape index (κ1) is 14.4. The topological polar surface area (TPSA) is 57.6 Å². The summed E-state index contributed by atoms with van der Waals surface area (Å²) in [5, 5.41) is 8.72. The standard InChI is InChI=1S/C12H13ClFNO3/c1-12(2,11(17)18)15(3)10(16)7-5-4-6-8(14)9(7)13/h4-6H,1-3H3,(H,17,18). The number of hydrogen-bond donors (Lipinski definition) is 1. The molecule has 98 valence electrons. The summed E-state index contributed by atoms with van der Waals surface area (Å²) in [5.41, 5.74) is -1.47. The Morgan fingerprint density at radius 1 is 1.39 bits per heavy atom. The third kappa shape index (κ3) is 2.46. The minimum atomic E-state index is -1.41. The Hall–Kier alpha value is -1.62. The summed E-state index contributed by atoms with van der Waals surface area (Å²) in [4.78, 5) is 24.1. The number of rotatable bonds is 3. The number of carboxylic acid groups (broad SMARTS) is 1. The van der Waals surface area contributed by atoms with E-state index in [1.165, 1.54) is 33.0 Å². The molecule has 0 spiro atoms. The second kappa shape index (κ2) is 4.94. The maximum absolute atomic E-state index is 13.2. The molecule has 0 bridgehead atoms. The molecular formula is C12H13ClFNO3. The summed E-state index contributed by atoms with van der Waals surface area (Å²) in [7, 11) is 1.33. The van der Waals surface area contributed by atoms with Crippen molar-refractivity contribution in [3.63, 3.8) is 0 Å². The zero-order valence-corrected chi connectivity index (χ0v) is 11.0. The number of carboxylic acids is 1. The Morgan fingerprint density at radius 2 is 1.94 bits per heavy atom. The van der Waals surface area contributed by atoms with E-state index in [0.717, 1.165) is 11.0 Å². The van der Waals surface area contributed by atoms with E-state index < -0.39 is 23.2 Å². The van der Waals surface area contributed by atoms with Gasteiger partial charge < -0.3 is 10.0 Å². The van der Waals surface area contributed by atoms with E-state index in [4.69, 9.17) is 16.7 Å². The van der Waals surface area contributed by atoms with Crippen molar-refractivity contribution in [2.45, 2.75) is 19.4 Å². The first-order chi connectivity index (χ1) is 8.19. The normalized spacial score (nSPS) is 11.2. The highest BCUT2D eigenvalue weighted by atomic mass is 35.5. The van der Waals surface area contributed by atoms with Crippen molar-refractivity contribution < 1.29 is 19.1 Å². The molecule has 1 aromatic carbocycles. The van der Waals surface area contributed by atoms with Gasteiger partial charge in [0.25, 0.3) is 5.91 Å². The van der Waals surface area contributed by atoms with E-state index in [9.17, 15) is 14.0 Å². The Morgan fingerprint density at radius 3 is 2.44 bits per heavy atom. The van der Waals surface area contributed by atoms with Gasteiger partial charge in [0, 0.05) is 7.05 Å². The highest BCUT2D eigenvalue weighted by molar-refractivity contribution is 6.34. The van der Waals surface area contributed by atoms with Crippen molar-refractivity contribution in [1.29, 1.82) is 0 Å². The Kier molecular flexibility index (Phi) is 3.96. The number of nitrogens with zero attached hydrogens (tertiary/aromatic N) is 1. The van der Waals surface area contributed by atoms with Crippen molar-refractivity contribution in [2.75, 3.05) is 7.05 Å². The van der Waals surface area contributed by atoms with Crippen molar-refractivity contribution in [1.82, 2.24) is 4.90 Å². The Bertz CT molecular complexity index is 502. The summed E-state index contributed by atoms with van der Waals surface area (Å²) in [6.07, 6.45) is 0. The number of carbonyl (C=O) groups excluding carboxylic acids is 1. The van der Waals surface area contributed by atoms with E-state index >= 15 is 0 Å². The maximum Gasteiger partial charge on any atom is 0.329 e. The van der Waals surface area contributed by atoms with Crippen LogP contribution in [0.2, 0.25) is 5.02 Å². The molecule has 0 saturated carbocycles. The number of hydrogen-bond acceptors (Lipinski definition) is 2. The highest BCUT2D eigenvalue weighted by Gasteiger charge is 2.36. The molecule has 1 rings (SSSR count). The van der Waals surface area contributed by atoms with Crippen LogP contribution in [0, 0.1) is 5.82 Å². The van der Waals surface area contributed by atoms with Gasteiger partial charge in [-0.2, -0.15) is 0 Å². The minimum Gasteiger partial charge on any atom is -0.480 e. The van der Waals surface area contributed by atoms with Gasteiger partial charge in [0.05, 0.1) is 10.6 Å². The number of halogens is 2. The molecule has 0 saturated heterocycles. The predicted molar refractivity (Wildman–Crippen MR) is 65.2 cm³/mol. The van der Waals surface area contributed by atoms with Crippen molar-refractivity contribution >= 4 is 23.5 Å². The molecule has 18 heavy (non-hydrogen) atoms. The molecule has 0 aliphatic carbocycles. The number of likely N-dealkylation sites (N-methyl/N-ethyl adjacent to an activating group) is 1. The molecule has 4 nitrogen and oxygen atoms in total. The van der Waals surface area contributed by atoms with E-state index in [-0.39, 0.29) is 10.6 Å². The molecule has 0 aliphatic rings. The van der Waals surface area contributed by atoms with E-state index in [0.29, 0.717) is 0 Å². The van der Waals surface area contributed by atoms with Gasteiger partial charge in [0.2, 0.25) is 0 Å². The number of aliphatic carboxylic acids is 1. The van der Waals surface area contributed by atoms with E-state index in [1.807, 2.05) is 0 Å². The van der Waals surface area contributed by atoms with Gasteiger partial charge in [-0.1, -0.05) is 17.7 Å². The van der Waals surface area contributed by atoms with Gasteiger partial charge >= 0.3 is 5.97 Å². The fourth-order valence-corrected chi connectivity index (χ4v) is 1.45. The minimum absolute atomic E-state index is 0.0616. The lowest BCUT2D eigenvalue weighted by Crippen LogP contribution is -2.50. The first-order valence-electron chi connectivity index (χ1n) is 5.15. The van der Waals surface area contributed by atoms with Gasteiger partial charge in [0.15, 0.2) is 0 Å². The summed E-state index contributed by atoms with van der Waals surface area (Å²) < 4.78 is 13.2. The molecule has 0 radical (unpaired) electrons. The third-order valence-electron chi connectivity index (χ3n) is 2.85. The average molecular weight is 274 g/mol. The van der Waals surface area contributed by atoms with Crippen LogP contribution < -0.4 is 0 Å². The first-order valence-corrected chi connectivity index (χ1v) is 5.53. The molecule has 1 N–H and O–H groups in total. The zero-order valence-electron chi connectivity index (χ0n) is 10.2. The van der Waals surface area contributed by atoms with Gasteiger partial charge in [-0.3, -0.25) is 4.79 Å². The number of amides is 1. The third-order valence-corrected chi connectivity index (χ3v) is 3.23. The molecule has 0 atom stereocenters. The smallest absolute Gasteiger partial charge is 0.329 e. The molecule has 0 heterocycles. The molecular weight excluding hydrogens is 261 g/mol. The lowest BCUT2D eigenvalue weighted by molar-refractivity contribution is -0.147. The molecule has 1 aromatic rings. The fourth-order valence-electron chi connectivity index (χ4n) is 1.25. The van der Waals surface area contributed by atoms with Crippen LogP contribution >= 0.6 is 11.6 Å². The maximum atomic E-state index is 13.2. The van der Waals surface area contributed by atoms with Crippen LogP contribution in [0.1, 0.15) is 24.2 Å². The van der Waals surface area contributed by atoms with Crippen molar-refractivity contribution in [3.05, 3.63) is 34.6 Å². The zero-order chi connectivity index (χ0) is 14.1. The second-order valence-electron chi connectivity index (χ2n) is 4.33. The van der Waals surface area contributed by atoms with Crippen LogP contribution in [-0.2, 0) is 4.79 Å². The van der Waals surface area contributed by atoms with Crippen LogP contribution in [-0.4, -0.2) is 34.5 Å². The molecule has 0 fully saturated rings. The van der Waals surface area contributed by atoms with Crippen molar-refractivity contribution in [3.8, 4) is 0 Å². The monoisotopic (exact) mass is 273 g/mol. The van der Waals surface area contributed by atoms with E-state index in [2.05, 4.69) is 0 Å². The van der Waals surface area contributed by atoms with Crippen LogP contribution in [0.25, 0.3) is 0 Å². The van der Waals surface area contributed by atoms with E-state index in [1.54, 1.807) is 0 Å². The van der Waals surface area contributed by atoms with Crippen LogP contribution in [0.5, 0.6) is 0 Å². The SMILES string of the molecule is CN(C(=O)c1cccc(F)c1Cl)C(C)(C)C(=O)O.